The molecule has 2 N–H and O–H groups in total. The molecule has 0 aromatic heterocycles. The molecule has 4 aliphatic rings. The molecule has 0 aromatic rings. The van der Waals surface area contributed by atoms with Gasteiger partial charge in [0.05, 0.1) is 24.2 Å². The number of ketones is 2. The van der Waals surface area contributed by atoms with Crippen LogP contribution in [0.2, 0.25) is 0 Å². The van der Waals surface area contributed by atoms with E-state index in [0.29, 0.717) is 36.1 Å². The maximum absolute atomic E-state index is 11.3. The van der Waals surface area contributed by atoms with Crippen molar-refractivity contribution in [3.05, 3.63) is 71.5 Å². The van der Waals surface area contributed by atoms with E-state index in [2.05, 4.69) is 10.6 Å². The van der Waals surface area contributed by atoms with Crippen molar-refractivity contribution in [1.82, 2.24) is 10.6 Å². The van der Waals surface area contributed by atoms with E-state index in [1.165, 1.54) is 12.2 Å². The van der Waals surface area contributed by atoms with Crippen LogP contribution in [0.4, 0.5) is 0 Å². The van der Waals surface area contributed by atoms with E-state index in [-0.39, 0.29) is 24.0 Å². The molecule has 2 aliphatic carbocycles. The Morgan fingerprint density at radius 1 is 0.704 bits per heavy atom. The average molecular weight is 430 g/mol. The van der Waals surface area contributed by atoms with Gasteiger partial charge in [-0.1, -0.05) is 24.3 Å². The van der Waals surface area contributed by atoms with Gasteiger partial charge in [-0.3, -0.25) is 9.59 Å². The molecule has 2 heterocycles. The molecule has 27 heavy (non-hydrogen) atoms. The van der Waals surface area contributed by atoms with Gasteiger partial charge in [-0.25, -0.2) is 0 Å². The van der Waals surface area contributed by atoms with Crippen molar-refractivity contribution in [1.29, 1.82) is 0 Å². The molecule has 0 spiro atoms. The summed E-state index contributed by atoms with van der Waals surface area (Å²) in [5.41, 5.74) is 1.24. The minimum atomic E-state index is 0. The van der Waals surface area contributed by atoms with Crippen LogP contribution in [0.15, 0.2) is 71.5 Å². The molecule has 0 aromatic carbocycles. The van der Waals surface area contributed by atoms with Gasteiger partial charge >= 0.3 is 21.0 Å². The standard InChI is InChI=1S/2C9H9NO2.ClH.O.V/c2*11-8-4-2-1-3-7(8)9-10-5-6-12-9;;;/h2*1-4,10H,5-6H2;1H;;/b2*9-7+;;;. The van der Waals surface area contributed by atoms with Crippen LogP contribution in [0.1, 0.15) is 0 Å². The van der Waals surface area contributed by atoms with E-state index in [9.17, 15) is 9.59 Å². The summed E-state index contributed by atoms with van der Waals surface area (Å²) in [6, 6.07) is 0. The van der Waals surface area contributed by atoms with Gasteiger partial charge in [-0.05, 0) is 24.3 Å². The molecule has 7 nitrogen and oxygen atoms in total. The van der Waals surface area contributed by atoms with E-state index in [4.69, 9.17) is 13.1 Å². The van der Waals surface area contributed by atoms with Gasteiger partial charge in [0, 0.05) is 0 Å². The molecule has 2 aliphatic heterocycles. The number of carbonyl (C=O) groups excluding carboxylic acids is 2. The summed E-state index contributed by atoms with van der Waals surface area (Å²) in [5, 5.41) is 6.02. The zero-order chi connectivity index (χ0) is 18.8. The third-order valence-corrected chi connectivity index (χ3v) is 3.53. The Bertz CT molecular complexity index is 675. The number of ether oxygens (including phenoxy) is 2. The van der Waals surface area contributed by atoms with Gasteiger partial charge in [0.1, 0.15) is 13.2 Å². The molecular formula is C18H19ClN2O5V. The third-order valence-electron chi connectivity index (χ3n) is 3.53. The number of nitrogens with one attached hydrogen (secondary N) is 2. The van der Waals surface area contributed by atoms with E-state index >= 15 is 0 Å². The van der Waals surface area contributed by atoms with Gasteiger partial charge in [0.25, 0.3) is 0 Å². The molecule has 0 unspecified atom stereocenters. The second-order valence-corrected chi connectivity index (χ2v) is 5.20. The Morgan fingerprint density at radius 3 is 1.37 bits per heavy atom. The zero-order valence-electron chi connectivity index (χ0n) is 14.3. The molecule has 9 heteroatoms. The molecule has 2 fully saturated rings. The Hall–Kier alpha value is -2.35. The summed E-state index contributed by atoms with van der Waals surface area (Å²) in [6.07, 6.45) is 13.7. The fraction of sp³-hybridized carbons (Fsp3) is 0.222. The third kappa shape index (κ3) is 6.39. The van der Waals surface area contributed by atoms with Crippen molar-refractivity contribution in [2.24, 2.45) is 0 Å². The van der Waals surface area contributed by atoms with Crippen LogP contribution in [0, 0.1) is 0 Å². The first kappa shape index (κ1) is 22.7. The Morgan fingerprint density at radius 2 is 1.07 bits per heavy atom. The van der Waals surface area contributed by atoms with Crippen LogP contribution in [0.5, 0.6) is 0 Å². The van der Waals surface area contributed by atoms with Gasteiger partial charge in [0.2, 0.25) is 0 Å². The number of allylic oxidation sites excluding steroid dienone is 10. The fourth-order valence-electron chi connectivity index (χ4n) is 2.39. The molecule has 0 amide bonds. The molecule has 0 atom stereocenters. The van der Waals surface area contributed by atoms with Crippen LogP contribution < -0.4 is 10.6 Å². The average Bonchev–Trinajstić information content (AvgIpc) is 3.39. The first-order valence-corrected chi connectivity index (χ1v) is 8.51. The zero-order valence-corrected chi connectivity index (χ0v) is 16.6. The summed E-state index contributed by atoms with van der Waals surface area (Å²) in [7, 11) is 0. The van der Waals surface area contributed by atoms with Crippen molar-refractivity contribution >= 4 is 24.0 Å². The Kier molecular flexibility index (Phi) is 10.2. The van der Waals surface area contributed by atoms with Crippen LogP contribution in [-0.2, 0) is 40.1 Å². The van der Waals surface area contributed by atoms with Crippen molar-refractivity contribution in [3.8, 4) is 0 Å². The molecule has 2 saturated heterocycles. The van der Waals surface area contributed by atoms with Crippen molar-refractivity contribution in [2.45, 2.75) is 0 Å². The molecule has 4 rings (SSSR count). The van der Waals surface area contributed by atoms with Crippen molar-refractivity contribution in [2.75, 3.05) is 26.3 Å². The van der Waals surface area contributed by atoms with Gasteiger partial charge in [-0.15, -0.1) is 12.4 Å². The quantitative estimate of drug-likeness (QED) is 0.561. The summed E-state index contributed by atoms with van der Waals surface area (Å²) in [6.45, 7) is 2.85. The summed E-state index contributed by atoms with van der Waals surface area (Å²) >= 11 is 1.06. The molecule has 143 valence electrons. The number of halogens is 1. The van der Waals surface area contributed by atoms with E-state index in [1.54, 1.807) is 24.3 Å². The first-order chi connectivity index (χ1) is 12.8. The number of carbonyl (C=O) groups is 2. The monoisotopic (exact) mass is 429 g/mol. The van der Waals surface area contributed by atoms with Crippen LogP contribution >= 0.6 is 12.4 Å². The normalized spacial score (nSPS) is 24.3. The SMILES string of the molecule is Cl.O=C1C=CC=C/C1=C1/NCCO1.O=C1C=CC=C/C1=C1/NCCO1.[O]=[V]. The molecule has 0 radical (unpaired) electrons. The van der Waals surface area contributed by atoms with E-state index in [1.807, 2.05) is 12.2 Å². The minimum absolute atomic E-state index is 0. The first-order valence-electron chi connectivity index (χ1n) is 7.94. The van der Waals surface area contributed by atoms with Gasteiger partial charge in [-0.2, -0.15) is 0 Å². The van der Waals surface area contributed by atoms with E-state index in [0.717, 1.165) is 30.5 Å². The predicted molar refractivity (Wildman–Crippen MR) is 96.5 cm³/mol. The summed E-state index contributed by atoms with van der Waals surface area (Å²) < 4.78 is 18.6. The van der Waals surface area contributed by atoms with Crippen molar-refractivity contribution < 1.29 is 40.1 Å². The Balaban J connectivity index is 0.000000239. The van der Waals surface area contributed by atoms with Gasteiger partial charge < -0.3 is 20.1 Å². The van der Waals surface area contributed by atoms with E-state index < -0.39 is 0 Å². The fourth-order valence-corrected chi connectivity index (χ4v) is 2.39. The summed E-state index contributed by atoms with van der Waals surface area (Å²) in [4.78, 5) is 22.5. The second kappa shape index (κ2) is 12.1. The maximum atomic E-state index is 11.3. The van der Waals surface area contributed by atoms with Crippen LogP contribution in [0.25, 0.3) is 0 Å². The van der Waals surface area contributed by atoms with Crippen LogP contribution in [-0.4, -0.2) is 37.9 Å². The topological polar surface area (TPSA) is 93.7 Å². The van der Waals surface area contributed by atoms with Crippen LogP contribution in [0.3, 0.4) is 0 Å². The Labute approximate surface area is 172 Å². The molecule has 0 bridgehead atoms. The predicted octanol–water partition coefficient (Wildman–Crippen LogP) is 1.33. The second-order valence-electron chi connectivity index (χ2n) is 5.20. The van der Waals surface area contributed by atoms with Gasteiger partial charge in [0.15, 0.2) is 23.3 Å². The molecular weight excluding hydrogens is 411 g/mol. The summed E-state index contributed by atoms with van der Waals surface area (Å²) in [5.74, 6) is 1.23. The number of hydrogen-bond acceptors (Lipinski definition) is 7. The number of rotatable bonds is 0. The number of hydrogen-bond donors (Lipinski definition) is 2. The molecule has 0 saturated carbocycles. The van der Waals surface area contributed by atoms with Crippen molar-refractivity contribution in [3.63, 3.8) is 0 Å².